The monoisotopic (exact) mass is 380 g/mol. The summed E-state index contributed by atoms with van der Waals surface area (Å²) in [6, 6.07) is 27.0. The van der Waals surface area contributed by atoms with Crippen molar-refractivity contribution in [3.05, 3.63) is 103 Å². The van der Waals surface area contributed by atoms with E-state index in [0.29, 0.717) is 11.5 Å². The molecule has 0 aliphatic heterocycles. The van der Waals surface area contributed by atoms with Gasteiger partial charge in [-0.25, -0.2) is 0 Å². The molecule has 0 aromatic heterocycles. The lowest BCUT2D eigenvalue weighted by molar-refractivity contribution is 0.0999. The number of amides is 1. The summed E-state index contributed by atoms with van der Waals surface area (Å²) in [6.07, 6.45) is 9.84. The molecule has 1 atom stereocenters. The van der Waals surface area contributed by atoms with Gasteiger partial charge in [0.15, 0.2) is 0 Å². The Labute approximate surface area is 172 Å². The highest BCUT2D eigenvalue weighted by Gasteiger charge is 2.19. The first kappa shape index (κ1) is 18.9. The van der Waals surface area contributed by atoms with Crippen molar-refractivity contribution in [2.24, 2.45) is 10.9 Å². The van der Waals surface area contributed by atoms with Gasteiger partial charge in [-0.2, -0.15) is 0 Å². The van der Waals surface area contributed by atoms with E-state index in [1.807, 2.05) is 91.1 Å². The molecule has 29 heavy (non-hydrogen) atoms. The SMILES string of the molecule is O=C(c1ccc(N=C[C@@H]2CC=CCC2)cc1)N(c1ccccc1)c1ccccc1. The molecule has 1 aliphatic rings. The Bertz CT molecular complexity index is 952. The molecule has 0 N–H and O–H groups in total. The maximum Gasteiger partial charge on any atom is 0.262 e. The topological polar surface area (TPSA) is 32.7 Å². The zero-order chi connectivity index (χ0) is 19.9. The molecule has 1 amide bonds. The van der Waals surface area contributed by atoms with E-state index in [-0.39, 0.29) is 5.91 Å². The Hall–Kier alpha value is -3.46. The predicted octanol–water partition coefficient (Wildman–Crippen LogP) is 6.72. The molecule has 0 radical (unpaired) electrons. The van der Waals surface area contributed by atoms with E-state index in [0.717, 1.165) is 36.3 Å². The number of hydrogen-bond donors (Lipinski definition) is 0. The van der Waals surface area contributed by atoms with E-state index in [1.165, 1.54) is 0 Å². The minimum atomic E-state index is -0.0599. The highest BCUT2D eigenvalue weighted by atomic mass is 16.2. The predicted molar refractivity (Wildman–Crippen MR) is 120 cm³/mol. The molecule has 0 fully saturated rings. The first-order valence-electron chi connectivity index (χ1n) is 10.0. The number of allylic oxidation sites excluding steroid dienone is 2. The molecule has 0 heterocycles. The van der Waals surface area contributed by atoms with Gasteiger partial charge in [-0.3, -0.25) is 14.7 Å². The maximum atomic E-state index is 13.3. The van der Waals surface area contributed by atoms with Gasteiger partial charge in [-0.1, -0.05) is 48.6 Å². The van der Waals surface area contributed by atoms with E-state index < -0.39 is 0 Å². The second-order valence-electron chi connectivity index (χ2n) is 7.18. The van der Waals surface area contributed by atoms with Crippen molar-refractivity contribution in [1.82, 2.24) is 0 Å². The van der Waals surface area contributed by atoms with Crippen molar-refractivity contribution in [3.63, 3.8) is 0 Å². The molecular formula is C26H24N2O. The summed E-state index contributed by atoms with van der Waals surface area (Å²) in [5.74, 6) is 0.448. The van der Waals surface area contributed by atoms with Crippen LogP contribution in [0.5, 0.6) is 0 Å². The van der Waals surface area contributed by atoms with Crippen molar-refractivity contribution in [2.75, 3.05) is 4.90 Å². The van der Waals surface area contributed by atoms with E-state index in [1.54, 1.807) is 4.90 Å². The third-order valence-corrected chi connectivity index (χ3v) is 5.09. The van der Waals surface area contributed by atoms with E-state index in [2.05, 4.69) is 17.1 Å². The normalized spacial score (nSPS) is 16.1. The molecule has 3 nitrogen and oxygen atoms in total. The van der Waals surface area contributed by atoms with Crippen molar-refractivity contribution >= 4 is 29.2 Å². The van der Waals surface area contributed by atoms with Gasteiger partial charge in [-0.15, -0.1) is 0 Å². The molecule has 0 unspecified atom stereocenters. The molecule has 4 rings (SSSR count). The zero-order valence-electron chi connectivity index (χ0n) is 16.3. The fourth-order valence-electron chi connectivity index (χ4n) is 3.50. The van der Waals surface area contributed by atoms with Crippen LogP contribution in [-0.2, 0) is 0 Å². The van der Waals surface area contributed by atoms with Crippen LogP contribution in [0.2, 0.25) is 0 Å². The van der Waals surface area contributed by atoms with E-state index >= 15 is 0 Å². The highest BCUT2D eigenvalue weighted by molar-refractivity contribution is 6.11. The summed E-state index contributed by atoms with van der Waals surface area (Å²) in [7, 11) is 0. The number of nitrogens with zero attached hydrogens (tertiary/aromatic N) is 2. The first-order chi connectivity index (χ1) is 14.3. The largest absolute Gasteiger partial charge is 0.277 e. The Morgan fingerprint density at radius 2 is 1.45 bits per heavy atom. The lowest BCUT2D eigenvalue weighted by atomic mass is 9.96. The van der Waals surface area contributed by atoms with E-state index in [9.17, 15) is 4.79 Å². The van der Waals surface area contributed by atoms with Gasteiger partial charge in [0.1, 0.15) is 0 Å². The lowest BCUT2D eigenvalue weighted by Gasteiger charge is -2.23. The molecule has 1 aliphatic carbocycles. The Balaban J connectivity index is 1.56. The molecular weight excluding hydrogens is 356 g/mol. The summed E-state index contributed by atoms with van der Waals surface area (Å²) in [5.41, 5.74) is 3.20. The third-order valence-electron chi connectivity index (χ3n) is 5.09. The third kappa shape index (κ3) is 4.69. The summed E-state index contributed by atoms with van der Waals surface area (Å²) < 4.78 is 0. The fraction of sp³-hybridized carbons (Fsp3) is 0.154. The number of benzene rings is 3. The van der Waals surface area contributed by atoms with Gasteiger partial charge in [0, 0.05) is 23.2 Å². The summed E-state index contributed by atoms with van der Waals surface area (Å²) in [6.45, 7) is 0. The number of hydrogen-bond acceptors (Lipinski definition) is 2. The van der Waals surface area contributed by atoms with Crippen molar-refractivity contribution < 1.29 is 4.79 Å². The van der Waals surface area contributed by atoms with Crippen LogP contribution in [0, 0.1) is 5.92 Å². The Kier molecular flexibility index (Phi) is 5.96. The summed E-state index contributed by atoms with van der Waals surface area (Å²) in [4.78, 5) is 19.7. The van der Waals surface area contributed by atoms with Gasteiger partial charge in [0.25, 0.3) is 5.91 Å². The smallest absolute Gasteiger partial charge is 0.262 e. The van der Waals surface area contributed by atoms with Crippen molar-refractivity contribution in [1.29, 1.82) is 0 Å². The van der Waals surface area contributed by atoms with Gasteiger partial charge in [0.2, 0.25) is 0 Å². The van der Waals surface area contributed by atoms with Crippen LogP contribution in [-0.4, -0.2) is 12.1 Å². The molecule has 0 saturated carbocycles. The van der Waals surface area contributed by atoms with Crippen molar-refractivity contribution in [2.45, 2.75) is 19.3 Å². The second-order valence-corrected chi connectivity index (χ2v) is 7.18. The van der Waals surface area contributed by atoms with Crippen LogP contribution in [0.15, 0.2) is 102 Å². The average molecular weight is 380 g/mol. The standard InChI is InChI=1S/C26H24N2O/c29-26(28(24-12-6-2-7-13-24)25-14-8-3-9-15-25)22-16-18-23(19-17-22)27-20-21-10-4-1-5-11-21/h1-4,6-9,12-21H,5,10-11H2/t21-/m1/s1. The average Bonchev–Trinajstić information content (AvgIpc) is 2.80. The number of rotatable bonds is 5. The van der Waals surface area contributed by atoms with Crippen LogP contribution >= 0.6 is 0 Å². The minimum absolute atomic E-state index is 0.0599. The minimum Gasteiger partial charge on any atom is -0.277 e. The van der Waals surface area contributed by atoms with Crippen LogP contribution in [0.25, 0.3) is 0 Å². The highest BCUT2D eigenvalue weighted by Crippen LogP contribution is 2.28. The summed E-state index contributed by atoms with van der Waals surface area (Å²) >= 11 is 0. The van der Waals surface area contributed by atoms with Crippen LogP contribution in [0.1, 0.15) is 29.6 Å². The maximum absolute atomic E-state index is 13.3. The van der Waals surface area contributed by atoms with Crippen LogP contribution < -0.4 is 4.90 Å². The number of anilines is 2. The van der Waals surface area contributed by atoms with Gasteiger partial charge in [0.05, 0.1) is 5.69 Å². The molecule has 0 spiro atoms. The molecule has 3 aromatic rings. The second kappa shape index (κ2) is 9.16. The van der Waals surface area contributed by atoms with Gasteiger partial charge in [-0.05, 0) is 73.7 Å². The van der Waals surface area contributed by atoms with E-state index in [4.69, 9.17) is 0 Å². The van der Waals surface area contributed by atoms with Crippen LogP contribution in [0.4, 0.5) is 17.1 Å². The molecule has 3 heteroatoms. The zero-order valence-corrected chi connectivity index (χ0v) is 16.3. The number of carbonyl (C=O) groups excluding carboxylic acids is 1. The Morgan fingerprint density at radius 1 is 0.828 bits per heavy atom. The number of para-hydroxylation sites is 2. The first-order valence-corrected chi connectivity index (χ1v) is 10.0. The summed E-state index contributed by atoms with van der Waals surface area (Å²) in [5, 5.41) is 0. The molecule has 0 bridgehead atoms. The number of carbonyl (C=O) groups is 1. The fourth-order valence-corrected chi connectivity index (χ4v) is 3.50. The number of aliphatic imine (C=N–C) groups is 1. The quantitative estimate of drug-likeness (QED) is 0.357. The van der Waals surface area contributed by atoms with Gasteiger partial charge < -0.3 is 0 Å². The Morgan fingerprint density at radius 3 is 2.00 bits per heavy atom. The molecule has 3 aromatic carbocycles. The molecule has 0 saturated heterocycles. The van der Waals surface area contributed by atoms with Crippen molar-refractivity contribution in [3.8, 4) is 0 Å². The molecule has 144 valence electrons. The lowest BCUT2D eigenvalue weighted by Crippen LogP contribution is -2.25. The van der Waals surface area contributed by atoms with Crippen LogP contribution in [0.3, 0.4) is 0 Å². The van der Waals surface area contributed by atoms with Gasteiger partial charge >= 0.3 is 0 Å².